The lowest BCUT2D eigenvalue weighted by atomic mass is 10.2. The fourth-order valence-electron chi connectivity index (χ4n) is 3.11. The van der Waals surface area contributed by atoms with Gasteiger partial charge in [0.25, 0.3) is 0 Å². The maximum Gasteiger partial charge on any atom is 0.339 e. The topological polar surface area (TPSA) is 135 Å². The third-order valence-electron chi connectivity index (χ3n) is 4.76. The number of hydrogen-bond acceptors (Lipinski definition) is 9. The van der Waals surface area contributed by atoms with Gasteiger partial charge in [-0.05, 0) is 61.5 Å². The van der Waals surface area contributed by atoms with E-state index < -0.39 is 21.8 Å². The van der Waals surface area contributed by atoms with E-state index in [1.54, 1.807) is 43.5 Å². The van der Waals surface area contributed by atoms with Gasteiger partial charge in [-0.2, -0.15) is 4.68 Å². The van der Waals surface area contributed by atoms with E-state index in [1.807, 2.05) is 0 Å². The normalized spacial score (nSPS) is 11.4. The fourth-order valence-corrected chi connectivity index (χ4v) is 3.74. The highest BCUT2D eigenvalue weighted by molar-refractivity contribution is 7.90. The zero-order chi connectivity index (χ0) is 23.5. The molecule has 32 heavy (non-hydrogen) atoms. The van der Waals surface area contributed by atoms with Gasteiger partial charge in [-0.3, -0.25) is 4.79 Å². The summed E-state index contributed by atoms with van der Waals surface area (Å²) in [6.07, 6.45) is 1.12. The third kappa shape index (κ3) is 5.02. The molecule has 0 bridgehead atoms. The molecule has 0 saturated heterocycles. The Morgan fingerprint density at radius 2 is 1.78 bits per heavy atom. The Labute approximate surface area is 184 Å². The van der Waals surface area contributed by atoms with Crippen LogP contribution in [0.1, 0.15) is 34.5 Å². The van der Waals surface area contributed by atoms with Gasteiger partial charge in [0.2, 0.25) is 0 Å². The van der Waals surface area contributed by atoms with Gasteiger partial charge in [0.1, 0.15) is 6.54 Å². The van der Waals surface area contributed by atoms with Crippen LogP contribution in [-0.4, -0.2) is 58.0 Å². The van der Waals surface area contributed by atoms with Crippen LogP contribution in [0.25, 0.3) is 5.69 Å². The number of benzene rings is 1. The third-order valence-corrected chi connectivity index (χ3v) is 5.89. The molecule has 0 unspecified atom stereocenters. The van der Waals surface area contributed by atoms with Crippen LogP contribution < -0.4 is 0 Å². The average Bonchev–Trinajstić information content (AvgIpc) is 3.32. The maximum absolute atomic E-state index is 12.4. The molecule has 0 amide bonds. The Morgan fingerprint density at radius 1 is 1.09 bits per heavy atom. The number of aromatic nitrogens is 5. The van der Waals surface area contributed by atoms with E-state index in [2.05, 4.69) is 15.5 Å². The molecule has 170 valence electrons. The van der Waals surface area contributed by atoms with Gasteiger partial charge in [0.05, 0.1) is 22.8 Å². The molecular weight excluding hydrogens is 438 g/mol. The van der Waals surface area contributed by atoms with Gasteiger partial charge in [-0.15, -0.1) is 5.10 Å². The van der Waals surface area contributed by atoms with Crippen molar-refractivity contribution in [2.45, 2.75) is 38.8 Å². The molecule has 11 nitrogen and oxygen atoms in total. The van der Waals surface area contributed by atoms with Gasteiger partial charge >= 0.3 is 11.9 Å². The lowest BCUT2D eigenvalue weighted by Gasteiger charge is -2.10. The summed E-state index contributed by atoms with van der Waals surface area (Å²) in [4.78, 5) is 24.6. The number of tetrazole rings is 1. The number of carbonyl (C=O) groups excluding carboxylic acids is 2. The van der Waals surface area contributed by atoms with Gasteiger partial charge in [-0.25, -0.2) is 13.2 Å². The quantitative estimate of drug-likeness (QED) is 0.456. The molecule has 0 aliphatic rings. The second kappa shape index (κ2) is 9.30. The highest BCUT2D eigenvalue weighted by atomic mass is 32.2. The smallest absolute Gasteiger partial charge is 0.339 e. The van der Waals surface area contributed by atoms with Crippen LogP contribution in [0.15, 0.2) is 35.2 Å². The molecule has 0 saturated carbocycles. The minimum absolute atomic E-state index is 0.0955. The van der Waals surface area contributed by atoms with Gasteiger partial charge in [0, 0.05) is 17.6 Å². The minimum Gasteiger partial charge on any atom is -0.462 e. The molecule has 3 rings (SSSR count). The summed E-state index contributed by atoms with van der Waals surface area (Å²) in [6, 6.07) is 7.67. The number of sulfone groups is 1. The number of carbonyl (C=O) groups is 2. The van der Waals surface area contributed by atoms with Crippen LogP contribution in [0.5, 0.6) is 0 Å². The van der Waals surface area contributed by atoms with Crippen molar-refractivity contribution in [3.05, 3.63) is 53.1 Å². The summed E-state index contributed by atoms with van der Waals surface area (Å²) in [5, 5.41) is 11.3. The lowest BCUT2D eigenvalue weighted by Crippen LogP contribution is -2.17. The molecule has 0 fully saturated rings. The predicted octanol–water partition coefficient (Wildman–Crippen LogP) is 1.40. The molecule has 2 heterocycles. The van der Waals surface area contributed by atoms with E-state index >= 15 is 0 Å². The van der Waals surface area contributed by atoms with Gasteiger partial charge in [-0.1, -0.05) is 0 Å². The van der Waals surface area contributed by atoms with Crippen molar-refractivity contribution in [1.29, 1.82) is 0 Å². The first kappa shape index (κ1) is 23.1. The highest BCUT2D eigenvalue weighted by Gasteiger charge is 2.19. The maximum atomic E-state index is 12.4. The fraction of sp³-hybridized carbons (Fsp3) is 0.350. The van der Waals surface area contributed by atoms with Crippen LogP contribution in [-0.2, 0) is 37.3 Å². The van der Waals surface area contributed by atoms with E-state index in [0.717, 1.165) is 11.9 Å². The molecule has 1 aromatic carbocycles. The molecule has 0 aliphatic carbocycles. The Balaban J connectivity index is 1.69. The number of rotatable bonds is 8. The monoisotopic (exact) mass is 461 g/mol. The van der Waals surface area contributed by atoms with Crippen LogP contribution >= 0.6 is 0 Å². The van der Waals surface area contributed by atoms with E-state index in [1.165, 1.54) is 16.8 Å². The standard InChI is InChI=1S/C20H23N5O6S/c1-5-30-20(27)17-10-13(2)24(14(17)3)11-19(26)31-12-18-21-22-23-25(18)15-6-8-16(9-7-15)32(4,28)29/h6-10H,5,11-12H2,1-4H3. The summed E-state index contributed by atoms with van der Waals surface area (Å²) >= 11 is 0. The van der Waals surface area contributed by atoms with Gasteiger partial charge < -0.3 is 14.0 Å². The van der Waals surface area contributed by atoms with Crippen LogP contribution in [0, 0.1) is 13.8 Å². The summed E-state index contributed by atoms with van der Waals surface area (Å²) < 4.78 is 36.6. The van der Waals surface area contributed by atoms with E-state index in [0.29, 0.717) is 16.9 Å². The van der Waals surface area contributed by atoms with Crippen LogP contribution in [0.2, 0.25) is 0 Å². The minimum atomic E-state index is -3.33. The molecule has 0 spiro atoms. The number of hydrogen-bond donors (Lipinski definition) is 0. The highest BCUT2D eigenvalue weighted by Crippen LogP contribution is 2.17. The van der Waals surface area contributed by atoms with Crippen molar-refractivity contribution in [1.82, 2.24) is 24.8 Å². The Morgan fingerprint density at radius 3 is 2.41 bits per heavy atom. The summed E-state index contributed by atoms with van der Waals surface area (Å²) in [5.74, 6) is -0.718. The summed E-state index contributed by atoms with van der Waals surface area (Å²) in [6.45, 7) is 5.21. The molecule has 2 aromatic heterocycles. The van der Waals surface area contributed by atoms with Crippen LogP contribution in [0.3, 0.4) is 0 Å². The van der Waals surface area contributed by atoms with E-state index in [4.69, 9.17) is 9.47 Å². The van der Waals surface area contributed by atoms with E-state index in [-0.39, 0.29) is 30.5 Å². The first-order valence-corrected chi connectivity index (χ1v) is 11.6. The number of aryl methyl sites for hydroxylation is 1. The van der Waals surface area contributed by atoms with Crippen molar-refractivity contribution >= 4 is 21.8 Å². The second-order valence-electron chi connectivity index (χ2n) is 7.03. The molecule has 0 N–H and O–H groups in total. The molecule has 12 heteroatoms. The largest absolute Gasteiger partial charge is 0.462 e. The molecule has 0 radical (unpaired) electrons. The SMILES string of the molecule is CCOC(=O)c1cc(C)n(CC(=O)OCc2nnnn2-c2ccc(S(C)(=O)=O)cc2)c1C. The van der Waals surface area contributed by atoms with Crippen LogP contribution in [0.4, 0.5) is 0 Å². The summed E-state index contributed by atoms with van der Waals surface area (Å²) in [5.41, 5.74) is 2.25. The average molecular weight is 462 g/mol. The molecule has 0 atom stereocenters. The number of ether oxygens (including phenoxy) is 2. The number of nitrogens with zero attached hydrogens (tertiary/aromatic N) is 5. The van der Waals surface area contributed by atoms with Crippen molar-refractivity contribution in [3.8, 4) is 5.69 Å². The summed E-state index contributed by atoms with van der Waals surface area (Å²) in [7, 11) is -3.33. The van der Waals surface area contributed by atoms with Crippen molar-refractivity contribution in [2.24, 2.45) is 0 Å². The zero-order valence-corrected chi connectivity index (χ0v) is 18.9. The Bertz CT molecular complexity index is 1240. The molecule has 3 aromatic rings. The van der Waals surface area contributed by atoms with Crippen molar-refractivity contribution in [3.63, 3.8) is 0 Å². The van der Waals surface area contributed by atoms with Crippen molar-refractivity contribution in [2.75, 3.05) is 12.9 Å². The number of esters is 2. The zero-order valence-electron chi connectivity index (χ0n) is 18.1. The van der Waals surface area contributed by atoms with E-state index in [9.17, 15) is 18.0 Å². The molecular formula is C20H23N5O6S. The Hall–Kier alpha value is -3.54. The first-order chi connectivity index (χ1) is 15.1. The Kier molecular flexibility index (Phi) is 6.72. The molecule has 0 aliphatic heterocycles. The lowest BCUT2D eigenvalue weighted by molar-refractivity contribution is -0.146. The first-order valence-electron chi connectivity index (χ1n) is 9.69. The van der Waals surface area contributed by atoms with Gasteiger partial charge in [0.15, 0.2) is 22.3 Å². The second-order valence-corrected chi connectivity index (χ2v) is 9.04. The predicted molar refractivity (Wildman–Crippen MR) is 112 cm³/mol. The van der Waals surface area contributed by atoms with Crippen molar-refractivity contribution < 1.29 is 27.5 Å².